The lowest BCUT2D eigenvalue weighted by Gasteiger charge is -2.09. The van der Waals surface area contributed by atoms with Gasteiger partial charge in [0.2, 0.25) is 0 Å². The molecule has 0 saturated heterocycles. The topological polar surface area (TPSA) is 21.6 Å². The van der Waals surface area contributed by atoms with Crippen molar-refractivity contribution in [3.8, 4) is 0 Å². The average molecular weight is 121 g/mol. The van der Waals surface area contributed by atoms with Crippen LogP contribution in [0.2, 0.25) is 0 Å². The summed E-state index contributed by atoms with van der Waals surface area (Å²) in [5, 5.41) is 0. The second kappa shape index (κ2) is 1.47. The Morgan fingerprint density at radius 3 is 3.00 bits per heavy atom. The molecule has 0 bridgehead atoms. The molecule has 2 heteroatoms. The van der Waals surface area contributed by atoms with Crippen LogP contribution in [0.1, 0.15) is 0 Å². The summed E-state index contributed by atoms with van der Waals surface area (Å²) in [6.07, 6.45) is 9.48. The zero-order valence-corrected chi connectivity index (χ0v) is 4.95. The van der Waals surface area contributed by atoms with Gasteiger partial charge in [0.1, 0.15) is 6.61 Å². The van der Waals surface area contributed by atoms with Crippen LogP contribution < -0.4 is 0 Å². The van der Waals surface area contributed by atoms with Crippen LogP contribution in [0.3, 0.4) is 0 Å². The molecule has 0 N–H and O–H groups in total. The van der Waals surface area contributed by atoms with Gasteiger partial charge in [0, 0.05) is 12.4 Å². The van der Waals surface area contributed by atoms with Gasteiger partial charge in [0.15, 0.2) is 0 Å². The van der Waals surface area contributed by atoms with Crippen molar-refractivity contribution in [2.75, 3.05) is 6.61 Å². The molecule has 1 spiro atoms. The predicted octanol–water partition coefficient (Wildman–Crippen LogP) is 1.11. The van der Waals surface area contributed by atoms with Crippen molar-refractivity contribution in [2.24, 2.45) is 10.4 Å². The molecule has 0 radical (unpaired) electrons. The van der Waals surface area contributed by atoms with E-state index < -0.39 is 0 Å². The van der Waals surface area contributed by atoms with Gasteiger partial charge in [-0.2, -0.15) is 0 Å². The molecule has 0 aliphatic carbocycles. The minimum atomic E-state index is 0.0139. The smallest absolute Gasteiger partial charge is 0.105 e. The lowest BCUT2D eigenvalue weighted by molar-refractivity contribution is 0.248. The summed E-state index contributed by atoms with van der Waals surface area (Å²) in [4.78, 5) is 3.98. The third-order valence-electron chi connectivity index (χ3n) is 1.59. The second-order valence-corrected chi connectivity index (χ2v) is 2.32. The van der Waals surface area contributed by atoms with Crippen molar-refractivity contribution < 1.29 is 4.74 Å². The van der Waals surface area contributed by atoms with Gasteiger partial charge in [-0.05, 0) is 12.2 Å². The number of ether oxygens (including phenoxy) is 1. The van der Waals surface area contributed by atoms with Gasteiger partial charge in [-0.25, -0.2) is 0 Å². The first-order valence-electron chi connectivity index (χ1n) is 2.93. The molecule has 0 aromatic carbocycles. The molecule has 2 aliphatic rings. The van der Waals surface area contributed by atoms with E-state index in [4.69, 9.17) is 4.74 Å². The Balaban J connectivity index is 2.34. The summed E-state index contributed by atoms with van der Waals surface area (Å²) < 4.78 is 5.06. The molecule has 46 valence electrons. The minimum absolute atomic E-state index is 0.0139. The van der Waals surface area contributed by atoms with Gasteiger partial charge in [-0.1, -0.05) is 0 Å². The van der Waals surface area contributed by atoms with E-state index in [9.17, 15) is 0 Å². The quantitative estimate of drug-likeness (QED) is 0.470. The van der Waals surface area contributed by atoms with E-state index in [2.05, 4.69) is 4.99 Å². The molecule has 0 fully saturated rings. The van der Waals surface area contributed by atoms with E-state index in [0.29, 0.717) is 6.61 Å². The van der Waals surface area contributed by atoms with E-state index in [1.54, 1.807) is 12.5 Å². The molecule has 0 amide bonds. The molecule has 2 aliphatic heterocycles. The minimum Gasteiger partial charge on any atom is -0.500 e. The molecule has 0 aromatic heterocycles. The zero-order valence-electron chi connectivity index (χ0n) is 4.95. The second-order valence-electron chi connectivity index (χ2n) is 2.32. The Hall–Kier alpha value is -1.05. The van der Waals surface area contributed by atoms with Crippen molar-refractivity contribution in [3.63, 3.8) is 0 Å². The third-order valence-corrected chi connectivity index (χ3v) is 1.59. The maximum absolute atomic E-state index is 5.06. The maximum Gasteiger partial charge on any atom is 0.105 e. The number of aliphatic imine (C=N–C) groups is 1. The normalized spacial score (nSPS) is 36.4. The summed E-state index contributed by atoms with van der Waals surface area (Å²) in [6, 6.07) is 0. The van der Waals surface area contributed by atoms with Gasteiger partial charge in [0.05, 0.1) is 11.7 Å². The summed E-state index contributed by atoms with van der Waals surface area (Å²) in [5.74, 6) is 0. The monoisotopic (exact) mass is 121 g/mol. The number of hydrogen-bond acceptors (Lipinski definition) is 2. The van der Waals surface area contributed by atoms with Gasteiger partial charge in [-0.3, -0.25) is 4.99 Å². The van der Waals surface area contributed by atoms with Crippen LogP contribution in [0, 0.1) is 5.41 Å². The van der Waals surface area contributed by atoms with Gasteiger partial charge < -0.3 is 4.74 Å². The van der Waals surface area contributed by atoms with Crippen LogP contribution in [0.4, 0.5) is 0 Å². The molecule has 0 saturated carbocycles. The Bertz CT molecular complexity index is 191. The van der Waals surface area contributed by atoms with Crippen LogP contribution in [-0.2, 0) is 4.74 Å². The third kappa shape index (κ3) is 0.593. The molecule has 2 nitrogen and oxygen atoms in total. The Morgan fingerprint density at radius 1 is 1.44 bits per heavy atom. The van der Waals surface area contributed by atoms with Crippen molar-refractivity contribution in [3.05, 3.63) is 24.6 Å². The highest BCUT2D eigenvalue weighted by Gasteiger charge is 2.28. The van der Waals surface area contributed by atoms with Gasteiger partial charge in [0.25, 0.3) is 0 Å². The number of hydrogen-bond donors (Lipinski definition) is 0. The fourth-order valence-electron chi connectivity index (χ4n) is 1.01. The number of nitrogens with zero attached hydrogens (tertiary/aromatic N) is 1. The summed E-state index contributed by atoms with van der Waals surface area (Å²) in [7, 11) is 0. The van der Waals surface area contributed by atoms with Crippen LogP contribution >= 0.6 is 0 Å². The Morgan fingerprint density at radius 2 is 2.44 bits per heavy atom. The maximum atomic E-state index is 5.06. The highest BCUT2D eigenvalue weighted by atomic mass is 16.5. The van der Waals surface area contributed by atoms with E-state index in [-0.39, 0.29) is 5.41 Å². The Labute approximate surface area is 53.5 Å². The fraction of sp³-hybridized carbons (Fsp3) is 0.286. The molecule has 2 rings (SSSR count). The van der Waals surface area contributed by atoms with Crippen molar-refractivity contribution in [2.45, 2.75) is 0 Å². The largest absolute Gasteiger partial charge is 0.500 e. The van der Waals surface area contributed by atoms with Crippen LogP contribution in [0.15, 0.2) is 29.6 Å². The van der Waals surface area contributed by atoms with E-state index in [1.165, 1.54) is 0 Å². The van der Waals surface area contributed by atoms with Crippen LogP contribution in [-0.4, -0.2) is 12.8 Å². The first-order chi connectivity index (χ1) is 4.41. The van der Waals surface area contributed by atoms with E-state index >= 15 is 0 Å². The average Bonchev–Trinajstić information content (AvgIpc) is 2.45. The molecule has 0 aromatic rings. The molecule has 1 unspecified atom stereocenters. The van der Waals surface area contributed by atoms with Crippen molar-refractivity contribution >= 4 is 6.21 Å². The molecular weight excluding hydrogens is 114 g/mol. The fourth-order valence-corrected chi connectivity index (χ4v) is 1.01. The highest BCUT2D eigenvalue weighted by Crippen LogP contribution is 2.27. The summed E-state index contributed by atoms with van der Waals surface area (Å²) >= 11 is 0. The summed E-state index contributed by atoms with van der Waals surface area (Å²) in [6.45, 7) is 0.715. The van der Waals surface area contributed by atoms with Gasteiger partial charge >= 0.3 is 0 Å². The van der Waals surface area contributed by atoms with Crippen molar-refractivity contribution in [1.82, 2.24) is 0 Å². The predicted molar refractivity (Wildman–Crippen MR) is 35.2 cm³/mol. The SMILES string of the molecule is C1=CC2(C=COC2)C=N1. The van der Waals surface area contributed by atoms with Gasteiger partial charge in [-0.15, -0.1) is 0 Å². The molecule has 9 heavy (non-hydrogen) atoms. The van der Waals surface area contributed by atoms with E-state index in [0.717, 1.165) is 0 Å². The van der Waals surface area contributed by atoms with Crippen LogP contribution in [0.25, 0.3) is 0 Å². The van der Waals surface area contributed by atoms with Crippen molar-refractivity contribution in [1.29, 1.82) is 0 Å². The lowest BCUT2D eigenvalue weighted by Crippen LogP contribution is -2.15. The standard InChI is InChI=1S/C7H7NO/c1-3-8-5-7(1)2-4-9-6-7/h1-5H,6H2. The Kier molecular flexibility index (Phi) is 0.781. The molecule has 2 heterocycles. The first-order valence-corrected chi connectivity index (χ1v) is 2.93. The zero-order chi connectivity index (χ0) is 6.16. The number of rotatable bonds is 0. The van der Waals surface area contributed by atoms with Crippen LogP contribution in [0.5, 0.6) is 0 Å². The summed E-state index contributed by atoms with van der Waals surface area (Å²) in [5.41, 5.74) is 0.0139. The lowest BCUT2D eigenvalue weighted by atomic mass is 9.94. The molecule has 1 atom stereocenters. The highest BCUT2D eigenvalue weighted by molar-refractivity contribution is 5.75. The van der Waals surface area contributed by atoms with E-state index in [1.807, 2.05) is 18.4 Å². The first kappa shape index (κ1) is 4.79. The molecular formula is C7H7NO.